The number of carboxylic acid groups (broad SMARTS) is 1. The highest BCUT2D eigenvalue weighted by Crippen LogP contribution is 2.20. The second-order valence-electron chi connectivity index (χ2n) is 3.27. The SMILES string of the molecule is Cc1nn(CC(=O)O)c2cccc(F)c12. The normalized spacial score (nSPS) is 10.8. The van der Waals surface area contributed by atoms with Crippen LogP contribution in [0, 0.1) is 12.7 Å². The molecule has 1 aromatic carbocycles. The van der Waals surface area contributed by atoms with Crippen LogP contribution in [0.4, 0.5) is 4.39 Å². The smallest absolute Gasteiger partial charge is 0.325 e. The molecule has 0 spiro atoms. The van der Waals surface area contributed by atoms with Gasteiger partial charge in [0.2, 0.25) is 0 Å². The summed E-state index contributed by atoms with van der Waals surface area (Å²) >= 11 is 0. The Kier molecular flexibility index (Phi) is 2.15. The number of aromatic nitrogens is 2. The number of nitrogens with zero attached hydrogens (tertiary/aromatic N) is 2. The molecule has 1 N–H and O–H groups in total. The minimum Gasteiger partial charge on any atom is -0.480 e. The molecule has 0 amide bonds. The molecular weight excluding hydrogens is 199 g/mol. The van der Waals surface area contributed by atoms with Gasteiger partial charge in [-0.1, -0.05) is 6.07 Å². The van der Waals surface area contributed by atoms with Crippen molar-refractivity contribution >= 4 is 16.9 Å². The average molecular weight is 208 g/mol. The number of benzene rings is 1. The van der Waals surface area contributed by atoms with Gasteiger partial charge >= 0.3 is 5.97 Å². The van der Waals surface area contributed by atoms with Crippen molar-refractivity contribution in [3.05, 3.63) is 29.7 Å². The highest BCUT2D eigenvalue weighted by atomic mass is 19.1. The molecular formula is C10H9FN2O2. The lowest BCUT2D eigenvalue weighted by molar-refractivity contribution is -0.137. The van der Waals surface area contributed by atoms with E-state index in [1.54, 1.807) is 13.0 Å². The zero-order valence-corrected chi connectivity index (χ0v) is 8.07. The van der Waals surface area contributed by atoms with Gasteiger partial charge < -0.3 is 5.11 Å². The fraction of sp³-hybridized carbons (Fsp3) is 0.200. The molecule has 2 aromatic rings. The van der Waals surface area contributed by atoms with Crippen molar-refractivity contribution in [3.8, 4) is 0 Å². The Morgan fingerprint density at radius 2 is 2.33 bits per heavy atom. The van der Waals surface area contributed by atoms with Gasteiger partial charge in [-0.25, -0.2) is 4.39 Å². The van der Waals surface area contributed by atoms with E-state index in [-0.39, 0.29) is 12.4 Å². The van der Waals surface area contributed by atoms with Crippen LogP contribution < -0.4 is 0 Å². The molecule has 78 valence electrons. The molecule has 5 heteroatoms. The Hall–Kier alpha value is -1.91. The Labute approximate surface area is 84.9 Å². The molecule has 2 rings (SSSR count). The average Bonchev–Trinajstić information content (AvgIpc) is 2.44. The molecule has 4 nitrogen and oxygen atoms in total. The summed E-state index contributed by atoms with van der Waals surface area (Å²) in [5.74, 6) is -1.37. The number of carbonyl (C=O) groups is 1. The van der Waals surface area contributed by atoms with Gasteiger partial charge in [0.15, 0.2) is 0 Å². The molecule has 0 bridgehead atoms. The lowest BCUT2D eigenvalue weighted by Gasteiger charge is -1.98. The van der Waals surface area contributed by atoms with E-state index in [2.05, 4.69) is 5.10 Å². The van der Waals surface area contributed by atoms with Crippen LogP contribution in [0.15, 0.2) is 18.2 Å². The van der Waals surface area contributed by atoms with Crippen LogP contribution in [0.1, 0.15) is 5.69 Å². The van der Waals surface area contributed by atoms with Crippen molar-refractivity contribution in [2.24, 2.45) is 0 Å². The molecule has 0 saturated heterocycles. The number of carboxylic acids is 1. The highest BCUT2D eigenvalue weighted by molar-refractivity contribution is 5.83. The minimum atomic E-state index is -0.997. The lowest BCUT2D eigenvalue weighted by atomic mass is 10.2. The second-order valence-corrected chi connectivity index (χ2v) is 3.27. The summed E-state index contributed by atoms with van der Waals surface area (Å²) in [6, 6.07) is 4.53. The molecule has 0 atom stereocenters. The predicted molar refractivity (Wildman–Crippen MR) is 52.1 cm³/mol. The molecule has 0 aliphatic heterocycles. The molecule has 0 unspecified atom stereocenters. The number of rotatable bonds is 2. The summed E-state index contributed by atoms with van der Waals surface area (Å²) in [4.78, 5) is 10.6. The highest BCUT2D eigenvalue weighted by Gasteiger charge is 2.12. The first-order chi connectivity index (χ1) is 7.09. The van der Waals surface area contributed by atoms with Gasteiger partial charge in [0.1, 0.15) is 12.4 Å². The second kappa shape index (κ2) is 3.34. The predicted octanol–water partition coefficient (Wildman–Crippen LogP) is 1.57. The molecule has 0 aliphatic carbocycles. The number of aryl methyl sites for hydroxylation is 1. The maximum Gasteiger partial charge on any atom is 0.325 e. The Balaban J connectivity index is 2.68. The maximum atomic E-state index is 13.4. The first-order valence-electron chi connectivity index (χ1n) is 4.43. The molecule has 0 saturated carbocycles. The number of halogens is 1. The first-order valence-corrected chi connectivity index (χ1v) is 4.43. The number of aliphatic carboxylic acids is 1. The van der Waals surface area contributed by atoms with Gasteiger partial charge in [-0.05, 0) is 19.1 Å². The summed E-state index contributed by atoms with van der Waals surface area (Å²) in [7, 11) is 0. The van der Waals surface area contributed by atoms with Crippen LogP contribution in [-0.4, -0.2) is 20.9 Å². The molecule has 0 aliphatic rings. The van der Waals surface area contributed by atoms with E-state index in [4.69, 9.17) is 5.11 Å². The number of fused-ring (bicyclic) bond motifs is 1. The molecule has 0 radical (unpaired) electrons. The standard InChI is InChI=1S/C10H9FN2O2/c1-6-10-7(11)3-2-4-8(10)13(12-6)5-9(14)15/h2-4H,5H2,1H3,(H,14,15). The fourth-order valence-corrected chi connectivity index (χ4v) is 1.62. The quantitative estimate of drug-likeness (QED) is 0.814. The number of hydrogen-bond donors (Lipinski definition) is 1. The third kappa shape index (κ3) is 1.56. The van der Waals surface area contributed by atoms with Crippen molar-refractivity contribution in [2.75, 3.05) is 0 Å². The first kappa shape index (κ1) is 9.64. The van der Waals surface area contributed by atoms with Crippen LogP contribution >= 0.6 is 0 Å². The van der Waals surface area contributed by atoms with Gasteiger partial charge in [0.25, 0.3) is 0 Å². The van der Waals surface area contributed by atoms with Crippen molar-refractivity contribution in [2.45, 2.75) is 13.5 Å². The monoisotopic (exact) mass is 208 g/mol. The van der Waals surface area contributed by atoms with E-state index in [1.165, 1.54) is 16.8 Å². The van der Waals surface area contributed by atoms with Gasteiger partial charge in [0, 0.05) is 0 Å². The van der Waals surface area contributed by atoms with Crippen LogP contribution in [0.3, 0.4) is 0 Å². The van der Waals surface area contributed by atoms with Gasteiger partial charge in [-0.2, -0.15) is 5.10 Å². The van der Waals surface area contributed by atoms with Crippen LogP contribution in [0.5, 0.6) is 0 Å². The van der Waals surface area contributed by atoms with E-state index < -0.39 is 5.97 Å². The Morgan fingerprint density at radius 1 is 1.60 bits per heavy atom. The Morgan fingerprint density at radius 3 is 3.00 bits per heavy atom. The maximum absolute atomic E-state index is 13.4. The van der Waals surface area contributed by atoms with Crippen molar-refractivity contribution in [1.29, 1.82) is 0 Å². The van der Waals surface area contributed by atoms with Gasteiger partial charge in [-0.15, -0.1) is 0 Å². The van der Waals surface area contributed by atoms with Crippen molar-refractivity contribution in [3.63, 3.8) is 0 Å². The third-order valence-corrected chi connectivity index (χ3v) is 2.19. The molecule has 1 aromatic heterocycles. The number of hydrogen-bond acceptors (Lipinski definition) is 2. The van der Waals surface area contributed by atoms with E-state index in [0.29, 0.717) is 16.6 Å². The summed E-state index contributed by atoms with van der Waals surface area (Å²) in [5, 5.41) is 13.0. The van der Waals surface area contributed by atoms with Crippen LogP contribution in [0.25, 0.3) is 10.9 Å². The van der Waals surface area contributed by atoms with Gasteiger partial charge in [0.05, 0.1) is 16.6 Å². The summed E-state index contributed by atoms with van der Waals surface area (Å²) < 4.78 is 14.7. The summed E-state index contributed by atoms with van der Waals surface area (Å²) in [5.41, 5.74) is 1.01. The van der Waals surface area contributed by atoms with Crippen LogP contribution in [0.2, 0.25) is 0 Å². The Bertz CT molecular complexity index is 533. The molecule has 15 heavy (non-hydrogen) atoms. The largest absolute Gasteiger partial charge is 0.480 e. The molecule has 0 fully saturated rings. The van der Waals surface area contributed by atoms with E-state index in [1.807, 2.05) is 0 Å². The van der Waals surface area contributed by atoms with E-state index >= 15 is 0 Å². The lowest BCUT2D eigenvalue weighted by Crippen LogP contribution is -2.09. The summed E-state index contributed by atoms with van der Waals surface area (Å²) in [6.45, 7) is 1.40. The zero-order chi connectivity index (χ0) is 11.0. The fourth-order valence-electron chi connectivity index (χ4n) is 1.62. The van der Waals surface area contributed by atoms with Gasteiger partial charge in [-0.3, -0.25) is 9.48 Å². The topological polar surface area (TPSA) is 55.1 Å². The molecule has 1 heterocycles. The third-order valence-electron chi connectivity index (χ3n) is 2.19. The minimum absolute atomic E-state index is 0.256. The summed E-state index contributed by atoms with van der Waals surface area (Å²) in [6.07, 6.45) is 0. The van der Waals surface area contributed by atoms with Crippen LogP contribution in [-0.2, 0) is 11.3 Å². The van der Waals surface area contributed by atoms with E-state index in [9.17, 15) is 9.18 Å². The zero-order valence-electron chi connectivity index (χ0n) is 8.07. The van der Waals surface area contributed by atoms with E-state index in [0.717, 1.165) is 0 Å². The van der Waals surface area contributed by atoms with Crippen molar-refractivity contribution < 1.29 is 14.3 Å². The van der Waals surface area contributed by atoms with Crippen molar-refractivity contribution in [1.82, 2.24) is 9.78 Å².